The summed E-state index contributed by atoms with van der Waals surface area (Å²) in [5.41, 5.74) is 0.650. The van der Waals surface area contributed by atoms with E-state index in [9.17, 15) is 9.18 Å². The Morgan fingerprint density at radius 1 is 1.22 bits per heavy atom. The molecule has 3 aromatic rings. The lowest BCUT2D eigenvalue weighted by atomic mass is 10.0. The van der Waals surface area contributed by atoms with E-state index in [0.29, 0.717) is 18.0 Å². The molecule has 32 heavy (non-hydrogen) atoms. The molecule has 0 saturated carbocycles. The van der Waals surface area contributed by atoms with Crippen molar-refractivity contribution in [3.63, 3.8) is 0 Å². The molecule has 0 radical (unpaired) electrons. The van der Waals surface area contributed by atoms with Crippen molar-refractivity contribution in [1.82, 2.24) is 25.0 Å². The van der Waals surface area contributed by atoms with E-state index >= 15 is 0 Å². The normalized spacial score (nSPS) is 15.2. The van der Waals surface area contributed by atoms with E-state index in [0.717, 1.165) is 62.2 Å². The smallest absolute Gasteiger partial charge is 0.224 e. The SMILES string of the molecule is Cc1ccc([C@@H](C)CCN2CCc3nnc(CNC(=O)Cc4cccc(F)c4)n3CC2)o1. The van der Waals surface area contributed by atoms with Crippen molar-refractivity contribution < 1.29 is 13.6 Å². The molecule has 7 nitrogen and oxygen atoms in total. The number of nitrogens with zero attached hydrogens (tertiary/aromatic N) is 4. The van der Waals surface area contributed by atoms with Gasteiger partial charge in [0.15, 0.2) is 5.82 Å². The first-order chi connectivity index (χ1) is 15.5. The highest BCUT2D eigenvalue weighted by Crippen LogP contribution is 2.22. The molecule has 0 bridgehead atoms. The predicted molar refractivity (Wildman–Crippen MR) is 119 cm³/mol. The van der Waals surface area contributed by atoms with E-state index < -0.39 is 0 Å². The van der Waals surface area contributed by atoms with Crippen LogP contribution in [0.5, 0.6) is 0 Å². The average Bonchev–Trinajstić information content (AvgIpc) is 3.31. The Morgan fingerprint density at radius 2 is 2.09 bits per heavy atom. The molecule has 1 aromatic carbocycles. The zero-order valence-electron chi connectivity index (χ0n) is 18.7. The maximum atomic E-state index is 13.3. The molecular weight excluding hydrogens is 409 g/mol. The summed E-state index contributed by atoms with van der Waals surface area (Å²) in [4.78, 5) is 14.7. The minimum Gasteiger partial charge on any atom is -0.466 e. The van der Waals surface area contributed by atoms with Crippen LogP contribution in [0.2, 0.25) is 0 Å². The third-order valence-electron chi connectivity index (χ3n) is 6.02. The monoisotopic (exact) mass is 439 g/mol. The van der Waals surface area contributed by atoms with Gasteiger partial charge < -0.3 is 19.2 Å². The third kappa shape index (κ3) is 5.62. The van der Waals surface area contributed by atoms with Gasteiger partial charge in [-0.15, -0.1) is 10.2 Å². The number of nitrogens with one attached hydrogen (secondary N) is 1. The predicted octanol–water partition coefficient (Wildman–Crippen LogP) is 3.23. The second-order valence-corrected chi connectivity index (χ2v) is 8.50. The number of fused-ring (bicyclic) bond motifs is 1. The van der Waals surface area contributed by atoms with Crippen LogP contribution in [0, 0.1) is 12.7 Å². The number of aromatic nitrogens is 3. The summed E-state index contributed by atoms with van der Waals surface area (Å²) in [7, 11) is 0. The summed E-state index contributed by atoms with van der Waals surface area (Å²) in [6, 6.07) is 10.2. The van der Waals surface area contributed by atoms with Crippen molar-refractivity contribution in [3.05, 3.63) is 70.9 Å². The van der Waals surface area contributed by atoms with E-state index in [1.165, 1.54) is 12.1 Å². The summed E-state index contributed by atoms with van der Waals surface area (Å²) in [6.45, 7) is 8.14. The molecule has 1 atom stereocenters. The van der Waals surface area contributed by atoms with Gasteiger partial charge in [0.25, 0.3) is 0 Å². The first kappa shape index (κ1) is 22.2. The number of furan rings is 1. The number of aryl methyl sites for hydroxylation is 1. The van der Waals surface area contributed by atoms with Gasteiger partial charge in [-0.3, -0.25) is 4.79 Å². The Kier molecular flexibility index (Phi) is 6.99. The highest BCUT2D eigenvalue weighted by atomic mass is 19.1. The standard InChI is InChI=1S/C24H30FN5O2/c1-17(21-7-6-18(2)32-21)8-10-29-11-9-22-27-28-23(30(22)13-12-29)16-26-24(31)15-19-4-3-5-20(25)14-19/h3-7,14,17H,8-13,15-16H2,1-2H3,(H,26,31)/t17-/m0/s1. The second-order valence-electron chi connectivity index (χ2n) is 8.50. The molecule has 0 spiro atoms. The average molecular weight is 440 g/mol. The van der Waals surface area contributed by atoms with Crippen LogP contribution in [0.3, 0.4) is 0 Å². The molecule has 8 heteroatoms. The third-order valence-corrected chi connectivity index (χ3v) is 6.02. The van der Waals surface area contributed by atoms with E-state index in [2.05, 4.69) is 38.0 Å². The molecule has 3 heterocycles. The number of carbonyl (C=O) groups is 1. The zero-order valence-corrected chi connectivity index (χ0v) is 18.7. The van der Waals surface area contributed by atoms with Gasteiger partial charge in [0.2, 0.25) is 5.91 Å². The first-order valence-electron chi connectivity index (χ1n) is 11.2. The van der Waals surface area contributed by atoms with Crippen molar-refractivity contribution in [3.8, 4) is 0 Å². The fourth-order valence-electron chi connectivity index (χ4n) is 4.09. The molecule has 170 valence electrons. The molecular formula is C24H30FN5O2. The van der Waals surface area contributed by atoms with Gasteiger partial charge in [-0.2, -0.15) is 0 Å². The second kappa shape index (κ2) is 10.1. The van der Waals surface area contributed by atoms with Crippen molar-refractivity contribution in [1.29, 1.82) is 0 Å². The van der Waals surface area contributed by atoms with E-state index in [1.807, 2.05) is 13.0 Å². The summed E-state index contributed by atoms with van der Waals surface area (Å²) < 4.78 is 21.2. The molecule has 0 aliphatic carbocycles. The summed E-state index contributed by atoms with van der Waals surface area (Å²) in [6.07, 6.45) is 2.01. The van der Waals surface area contributed by atoms with Crippen LogP contribution in [-0.2, 0) is 30.7 Å². The molecule has 0 fully saturated rings. The van der Waals surface area contributed by atoms with Crippen LogP contribution in [0.25, 0.3) is 0 Å². The van der Waals surface area contributed by atoms with Gasteiger partial charge in [-0.25, -0.2) is 4.39 Å². The lowest BCUT2D eigenvalue weighted by Gasteiger charge is -2.21. The molecule has 0 saturated heterocycles. The molecule has 1 amide bonds. The van der Waals surface area contributed by atoms with Crippen LogP contribution >= 0.6 is 0 Å². The number of carbonyl (C=O) groups excluding carboxylic acids is 1. The molecule has 1 N–H and O–H groups in total. The van der Waals surface area contributed by atoms with E-state index in [-0.39, 0.29) is 18.1 Å². The Labute approximate surface area is 187 Å². The summed E-state index contributed by atoms with van der Waals surface area (Å²) >= 11 is 0. The lowest BCUT2D eigenvalue weighted by Crippen LogP contribution is -2.30. The van der Waals surface area contributed by atoms with Gasteiger partial charge in [0.05, 0.1) is 13.0 Å². The number of hydrogen-bond donors (Lipinski definition) is 1. The van der Waals surface area contributed by atoms with Crippen molar-refractivity contribution in [2.45, 2.75) is 52.1 Å². The maximum absolute atomic E-state index is 13.3. The summed E-state index contributed by atoms with van der Waals surface area (Å²) in [5, 5.41) is 11.5. The van der Waals surface area contributed by atoms with Crippen LogP contribution in [0.4, 0.5) is 4.39 Å². The van der Waals surface area contributed by atoms with Crippen molar-refractivity contribution in [2.24, 2.45) is 0 Å². The van der Waals surface area contributed by atoms with Crippen LogP contribution in [-0.4, -0.2) is 45.2 Å². The highest BCUT2D eigenvalue weighted by molar-refractivity contribution is 5.78. The van der Waals surface area contributed by atoms with Gasteiger partial charge in [0, 0.05) is 32.0 Å². The highest BCUT2D eigenvalue weighted by Gasteiger charge is 2.20. The van der Waals surface area contributed by atoms with Crippen LogP contribution in [0.1, 0.15) is 48.0 Å². The topological polar surface area (TPSA) is 76.2 Å². The first-order valence-corrected chi connectivity index (χ1v) is 11.2. The molecule has 0 unspecified atom stereocenters. The molecule has 1 aliphatic rings. The summed E-state index contributed by atoms with van der Waals surface area (Å²) in [5.74, 6) is 3.60. The Morgan fingerprint density at radius 3 is 2.88 bits per heavy atom. The van der Waals surface area contributed by atoms with Gasteiger partial charge in [-0.1, -0.05) is 19.1 Å². The zero-order chi connectivity index (χ0) is 22.5. The Bertz CT molecular complexity index is 1060. The van der Waals surface area contributed by atoms with Crippen molar-refractivity contribution in [2.75, 3.05) is 19.6 Å². The fourth-order valence-corrected chi connectivity index (χ4v) is 4.09. The number of benzene rings is 1. The fraction of sp³-hybridized carbons (Fsp3) is 0.458. The number of hydrogen-bond acceptors (Lipinski definition) is 5. The van der Waals surface area contributed by atoms with Crippen LogP contribution in [0.15, 0.2) is 40.8 Å². The van der Waals surface area contributed by atoms with E-state index in [4.69, 9.17) is 4.42 Å². The number of rotatable bonds is 8. The minimum absolute atomic E-state index is 0.139. The van der Waals surface area contributed by atoms with Gasteiger partial charge in [0.1, 0.15) is 23.2 Å². The van der Waals surface area contributed by atoms with Gasteiger partial charge >= 0.3 is 0 Å². The largest absolute Gasteiger partial charge is 0.466 e. The quantitative estimate of drug-likeness (QED) is 0.583. The lowest BCUT2D eigenvalue weighted by molar-refractivity contribution is -0.120. The van der Waals surface area contributed by atoms with Crippen LogP contribution < -0.4 is 5.32 Å². The number of amides is 1. The minimum atomic E-state index is -0.337. The Hall–Kier alpha value is -3.00. The van der Waals surface area contributed by atoms with Gasteiger partial charge in [-0.05, 0) is 49.7 Å². The number of halogens is 1. The maximum Gasteiger partial charge on any atom is 0.224 e. The molecule has 4 rings (SSSR count). The van der Waals surface area contributed by atoms with E-state index in [1.54, 1.807) is 12.1 Å². The Balaban J connectivity index is 1.27. The van der Waals surface area contributed by atoms with Crippen molar-refractivity contribution >= 4 is 5.91 Å². The molecule has 1 aliphatic heterocycles. The molecule has 2 aromatic heterocycles.